The third-order valence-corrected chi connectivity index (χ3v) is 8.13. The summed E-state index contributed by atoms with van der Waals surface area (Å²) >= 11 is 0. The fourth-order valence-corrected chi connectivity index (χ4v) is 5.91. The van der Waals surface area contributed by atoms with Crippen molar-refractivity contribution in [2.45, 2.75) is 36.1 Å². The maximum Gasteiger partial charge on any atom is 0.229 e. The summed E-state index contributed by atoms with van der Waals surface area (Å²) in [4.78, 5) is 7.26. The Bertz CT molecular complexity index is 1640. The average molecular weight is 470 g/mol. The first-order valence-electron chi connectivity index (χ1n) is 11.4. The molecule has 0 N–H and O–H groups in total. The second-order valence-corrected chi connectivity index (χ2v) is 10.3. The van der Waals surface area contributed by atoms with Crippen LogP contribution in [0.3, 0.4) is 0 Å². The van der Waals surface area contributed by atoms with Crippen LogP contribution in [0.25, 0.3) is 16.6 Å². The second kappa shape index (κ2) is 7.92. The third kappa shape index (κ3) is 3.17. The van der Waals surface area contributed by atoms with Gasteiger partial charge in [-0.05, 0) is 60.7 Å². The number of aryl methyl sites for hydroxylation is 2. The molecule has 1 aliphatic rings. The Morgan fingerprint density at radius 1 is 0.941 bits per heavy atom. The molecule has 3 aromatic carbocycles. The van der Waals surface area contributed by atoms with Gasteiger partial charge in [0.05, 0.1) is 10.4 Å². The number of hydrogen-bond donors (Lipinski definition) is 0. The Kier molecular flexibility index (Phi) is 4.84. The van der Waals surface area contributed by atoms with E-state index in [9.17, 15) is 8.42 Å². The predicted octanol–water partition coefficient (Wildman–Crippen LogP) is 4.76. The minimum atomic E-state index is -3.90. The molecule has 6 rings (SSSR count). The van der Waals surface area contributed by atoms with Gasteiger partial charge in [-0.1, -0.05) is 54.6 Å². The highest BCUT2D eigenvalue weighted by atomic mass is 32.2. The fourth-order valence-electron chi connectivity index (χ4n) is 4.68. The number of anilines is 2. The van der Waals surface area contributed by atoms with E-state index in [0.29, 0.717) is 0 Å². The SMILES string of the molecule is CCc1ccc(S(=O)(=O)c2nnn3c2nc(N2CCCc4ccccc42)c2ccccc23)cc1. The van der Waals surface area contributed by atoms with Crippen LogP contribution in [-0.2, 0) is 22.7 Å². The maximum absolute atomic E-state index is 13.6. The molecule has 170 valence electrons. The lowest BCUT2D eigenvalue weighted by atomic mass is 10.0. The molecule has 0 saturated heterocycles. The van der Waals surface area contributed by atoms with Crippen molar-refractivity contribution in [2.24, 2.45) is 0 Å². The van der Waals surface area contributed by atoms with Gasteiger partial charge in [0.1, 0.15) is 5.82 Å². The summed E-state index contributed by atoms with van der Waals surface area (Å²) in [5, 5.41) is 9.09. The van der Waals surface area contributed by atoms with E-state index < -0.39 is 9.84 Å². The monoisotopic (exact) mass is 469 g/mol. The fraction of sp³-hybridized carbons (Fsp3) is 0.192. The number of aromatic nitrogens is 4. The normalized spacial score (nSPS) is 14.0. The van der Waals surface area contributed by atoms with Crippen molar-refractivity contribution in [2.75, 3.05) is 11.4 Å². The van der Waals surface area contributed by atoms with Gasteiger partial charge < -0.3 is 4.90 Å². The molecule has 8 heteroatoms. The van der Waals surface area contributed by atoms with Crippen molar-refractivity contribution < 1.29 is 8.42 Å². The number of sulfone groups is 1. The first-order valence-corrected chi connectivity index (χ1v) is 12.9. The van der Waals surface area contributed by atoms with Crippen LogP contribution in [0.5, 0.6) is 0 Å². The maximum atomic E-state index is 13.6. The molecule has 0 radical (unpaired) electrons. The Morgan fingerprint density at radius 2 is 1.71 bits per heavy atom. The molecule has 7 nitrogen and oxygen atoms in total. The Hall–Kier alpha value is -3.78. The van der Waals surface area contributed by atoms with Gasteiger partial charge in [-0.3, -0.25) is 0 Å². The van der Waals surface area contributed by atoms with Crippen molar-refractivity contribution in [3.8, 4) is 0 Å². The van der Waals surface area contributed by atoms with Gasteiger partial charge in [-0.2, -0.15) is 4.52 Å². The van der Waals surface area contributed by atoms with Crippen LogP contribution >= 0.6 is 0 Å². The highest BCUT2D eigenvalue weighted by molar-refractivity contribution is 7.91. The zero-order chi connectivity index (χ0) is 23.3. The van der Waals surface area contributed by atoms with Gasteiger partial charge in [0.15, 0.2) is 5.65 Å². The van der Waals surface area contributed by atoms with Gasteiger partial charge in [-0.15, -0.1) is 5.10 Å². The van der Waals surface area contributed by atoms with Crippen LogP contribution < -0.4 is 4.90 Å². The first-order chi connectivity index (χ1) is 16.6. The molecule has 0 atom stereocenters. The predicted molar refractivity (Wildman–Crippen MR) is 131 cm³/mol. The zero-order valence-corrected chi connectivity index (χ0v) is 19.5. The van der Waals surface area contributed by atoms with E-state index in [-0.39, 0.29) is 15.6 Å². The Morgan fingerprint density at radius 3 is 2.53 bits per heavy atom. The summed E-state index contributed by atoms with van der Waals surface area (Å²) in [6.45, 7) is 2.83. The quantitative estimate of drug-likeness (QED) is 0.378. The minimum Gasteiger partial charge on any atom is -0.325 e. The first kappa shape index (κ1) is 20.8. The van der Waals surface area contributed by atoms with Crippen molar-refractivity contribution in [1.82, 2.24) is 19.8 Å². The lowest BCUT2D eigenvalue weighted by Gasteiger charge is -2.31. The van der Waals surface area contributed by atoms with Gasteiger partial charge in [0.2, 0.25) is 14.9 Å². The van der Waals surface area contributed by atoms with Crippen molar-refractivity contribution in [1.29, 1.82) is 0 Å². The van der Waals surface area contributed by atoms with E-state index in [4.69, 9.17) is 4.98 Å². The standard InChI is InChI=1S/C26H23N5O2S/c1-2-18-13-15-20(16-14-18)34(32,33)26-25-27-24(21-10-4-6-12-23(21)31(25)29-28-26)30-17-7-9-19-8-3-5-11-22(19)30/h3-6,8,10-16H,2,7,9,17H2,1H3. The molecule has 2 aromatic heterocycles. The Labute approximate surface area is 197 Å². The van der Waals surface area contributed by atoms with Crippen LogP contribution in [0.1, 0.15) is 24.5 Å². The number of nitrogens with zero attached hydrogens (tertiary/aromatic N) is 5. The van der Waals surface area contributed by atoms with Gasteiger partial charge in [0.25, 0.3) is 0 Å². The van der Waals surface area contributed by atoms with E-state index in [1.165, 1.54) is 10.1 Å². The van der Waals surface area contributed by atoms with Crippen LogP contribution in [0.4, 0.5) is 11.5 Å². The summed E-state index contributed by atoms with van der Waals surface area (Å²) in [5.41, 5.74) is 4.43. The molecule has 0 spiro atoms. The molecule has 5 aromatic rings. The molecule has 3 heterocycles. The highest BCUT2D eigenvalue weighted by Gasteiger charge is 2.29. The summed E-state index contributed by atoms with van der Waals surface area (Å²) in [5.74, 6) is 0.718. The van der Waals surface area contributed by atoms with Crippen molar-refractivity contribution in [3.63, 3.8) is 0 Å². The van der Waals surface area contributed by atoms with Crippen molar-refractivity contribution in [3.05, 3.63) is 83.9 Å². The molecule has 0 amide bonds. The average Bonchev–Trinajstić information content (AvgIpc) is 3.33. The smallest absolute Gasteiger partial charge is 0.229 e. The molecule has 0 saturated carbocycles. The van der Waals surface area contributed by atoms with Crippen LogP contribution in [-0.4, -0.2) is 34.8 Å². The Balaban J connectivity index is 1.60. The van der Waals surface area contributed by atoms with E-state index in [2.05, 4.69) is 27.3 Å². The van der Waals surface area contributed by atoms with Crippen LogP contribution in [0.2, 0.25) is 0 Å². The van der Waals surface area contributed by atoms with E-state index in [1.807, 2.05) is 55.5 Å². The highest BCUT2D eigenvalue weighted by Crippen LogP contribution is 2.37. The molecular weight excluding hydrogens is 446 g/mol. The summed E-state index contributed by atoms with van der Waals surface area (Å²) < 4.78 is 28.7. The molecule has 0 aliphatic carbocycles. The van der Waals surface area contributed by atoms with Gasteiger partial charge in [-0.25, -0.2) is 13.4 Å². The number of benzene rings is 3. The number of para-hydroxylation sites is 2. The zero-order valence-electron chi connectivity index (χ0n) is 18.7. The van der Waals surface area contributed by atoms with Crippen LogP contribution in [0, 0.1) is 0 Å². The number of hydrogen-bond acceptors (Lipinski definition) is 6. The van der Waals surface area contributed by atoms with E-state index in [1.54, 1.807) is 12.1 Å². The van der Waals surface area contributed by atoms with Gasteiger partial charge >= 0.3 is 0 Å². The number of fused-ring (bicyclic) bond motifs is 4. The second-order valence-electron chi connectivity index (χ2n) is 8.47. The van der Waals surface area contributed by atoms with E-state index >= 15 is 0 Å². The topological polar surface area (TPSA) is 80.5 Å². The summed E-state index contributed by atoms with van der Waals surface area (Å²) in [6.07, 6.45) is 2.84. The third-order valence-electron chi connectivity index (χ3n) is 6.46. The molecule has 34 heavy (non-hydrogen) atoms. The molecule has 0 unspecified atom stereocenters. The molecule has 0 fully saturated rings. The largest absolute Gasteiger partial charge is 0.325 e. The lowest BCUT2D eigenvalue weighted by Crippen LogP contribution is -2.26. The molecular formula is C26H23N5O2S. The molecule has 0 bridgehead atoms. The molecule has 1 aliphatic heterocycles. The number of rotatable bonds is 4. The summed E-state index contributed by atoms with van der Waals surface area (Å²) in [6, 6.07) is 23.0. The van der Waals surface area contributed by atoms with Crippen LogP contribution in [0.15, 0.2) is 82.7 Å². The summed E-state index contributed by atoms with van der Waals surface area (Å²) in [7, 11) is -3.90. The lowest BCUT2D eigenvalue weighted by molar-refractivity contribution is 0.592. The van der Waals surface area contributed by atoms with Gasteiger partial charge in [0, 0.05) is 17.6 Å². The minimum absolute atomic E-state index is 0.131. The van der Waals surface area contributed by atoms with E-state index in [0.717, 1.165) is 53.8 Å². The van der Waals surface area contributed by atoms with Crippen molar-refractivity contribution >= 4 is 37.9 Å².